The van der Waals surface area contributed by atoms with Gasteiger partial charge in [-0.1, -0.05) is 13.8 Å². The van der Waals surface area contributed by atoms with Crippen molar-refractivity contribution in [3.8, 4) is 0 Å². The number of hydrogen-bond donors (Lipinski definition) is 1. The van der Waals surface area contributed by atoms with E-state index in [4.69, 9.17) is 9.15 Å². The van der Waals surface area contributed by atoms with Gasteiger partial charge in [-0.05, 0) is 117 Å². The predicted octanol–water partition coefficient (Wildman–Crippen LogP) is 5.34. The second-order valence-corrected chi connectivity index (χ2v) is 14.6. The molecule has 38 heavy (non-hydrogen) atoms. The third-order valence-electron chi connectivity index (χ3n) is 12.8. The number of nitrogens with zero attached hydrogens (tertiary/aromatic N) is 1. The van der Waals surface area contributed by atoms with E-state index in [0.717, 1.165) is 38.8 Å². The Morgan fingerprint density at radius 3 is 2.66 bits per heavy atom. The Balaban J connectivity index is 1.11. The molecule has 4 aliphatic carbocycles. The second-order valence-electron chi connectivity index (χ2n) is 14.6. The van der Waals surface area contributed by atoms with Gasteiger partial charge in [0, 0.05) is 31.5 Å². The molecule has 1 N–H and O–H groups in total. The normalized spacial score (nSPS) is 50.3. The number of piperidine rings is 2. The molecular weight excluding hydrogens is 478 g/mol. The first-order valence-corrected chi connectivity index (χ1v) is 15.4. The smallest absolute Gasteiger partial charge is 0.374 e. The van der Waals surface area contributed by atoms with E-state index in [0.29, 0.717) is 66.1 Å². The van der Waals surface area contributed by atoms with Gasteiger partial charge in [0.15, 0.2) is 0 Å². The Kier molecular flexibility index (Phi) is 5.94. The number of aliphatic hydroxyl groups is 1. The summed E-state index contributed by atoms with van der Waals surface area (Å²) in [5.74, 6) is 4.10. The number of ether oxygens (including phenoxy) is 1. The minimum absolute atomic E-state index is 0.0141. The number of Topliss-reactive ketones (excluding diaryl/α,β-unsaturated/α-hetero) is 1. The van der Waals surface area contributed by atoms with Gasteiger partial charge in [0.2, 0.25) is 5.76 Å². The predicted molar refractivity (Wildman–Crippen MR) is 142 cm³/mol. The molecule has 0 unspecified atom stereocenters. The zero-order chi connectivity index (χ0) is 26.4. The largest absolute Gasteiger partial charge is 0.457 e. The lowest BCUT2D eigenvalue weighted by atomic mass is 9.51. The number of fused-ring (bicyclic) bond motifs is 8. The molecule has 0 radical (unpaired) electrons. The lowest BCUT2D eigenvalue weighted by Gasteiger charge is -2.59. The Morgan fingerprint density at radius 2 is 1.87 bits per heavy atom. The molecule has 2 aliphatic heterocycles. The van der Waals surface area contributed by atoms with E-state index < -0.39 is 11.6 Å². The quantitative estimate of drug-likeness (QED) is 0.527. The van der Waals surface area contributed by atoms with Crippen molar-refractivity contribution < 1.29 is 23.8 Å². The highest BCUT2D eigenvalue weighted by Gasteiger charge is 2.64. The van der Waals surface area contributed by atoms with E-state index in [2.05, 4.69) is 25.7 Å². The molecule has 0 aromatic carbocycles. The van der Waals surface area contributed by atoms with Gasteiger partial charge in [-0.2, -0.15) is 0 Å². The van der Waals surface area contributed by atoms with Crippen molar-refractivity contribution in [2.75, 3.05) is 13.1 Å². The average Bonchev–Trinajstić information content (AvgIpc) is 3.54. The molecule has 4 saturated carbocycles. The molecule has 6 heteroatoms. The zero-order valence-corrected chi connectivity index (χ0v) is 23.3. The molecule has 7 rings (SSSR count). The molecule has 0 bridgehead atoms. The second kappa shape index (κ2) is 8.92. The summed E-state index contributed by atoms with van der Waals surface area (Å²) in [7, 11) is 0. The Hall–Kier alpha value is -1.66. The number of rotatable bonds is 2. The first-order chi connectivity index (χ1) is 18.2. The van der Waals surface area contributed by atoms with Crippen molar-refractivity contribution in [1.82, 2.24) is 4.90 Å². The third kappa shape index (κ3) is 3.72. The lowest BCUT2D eigenvalue weighted by molar-refractivity contribution is -0.175. The maximum absolute atomic E-state index is 13.7. The van der Waals surface area contributed by atoms with Gasteiger partial charge in [-0.15, -0.1) is 0 Å². The minimum Gasteiger partial charge on any atom is -0.457 e. The summed E-state index contributed by atoms with van der Waals surface area (Å²) >= 11 is 0. The van der Waals surface area contributed by atoms with Crippen LogP contribution in [-0.2, 0) is 9.53 Å². The minimum atomic E-state index is -0.611. The monoisotopic (exact) mass is 523 g/mol. The SMILES string of the molecule is C[C@@H]1CC[C@H]2N(C1)C[C@H]1[C@@H]3C[C@@H]4[C@H](CC(=O)[C@@H]5C[C@@H](OC(=O)c6ccco6)CC[C@]45C)[C@H]3CC[C@@H]1[C@]2(C)O. The molecule has 6 aliphatic rings. The highest BCUT2D eigenvalue weighted by atomic mass is 16.6. The summed E-state index contributed by atoms with van der Waals surface area (Å²) in [5, 5.41) is 11.9. The van der Waals surface area contributed by atoms with Crippen LogP contribution in [0.2, 0.25) is 0 Å². The van der Waals surface area contributed by atoms with Gasteiger partial charge >= 0.3 is 5.97 Å². The van der Waals surface area contributed by atoms with Crippen LogP contribution in [0.15, 0.2) is 22.8 Å². The van der Waals surface area contributed by atoms with Crippen molar-refractivity contribution in [2.24, 2.45) is 52.8 Å². The van der Waals surface area contributed by atoms with Gasteiger partial charge in [0.05, 0.1) is 11.9 Å². The van der Waals surface area contributed by atoms with Crippen molar-refractivity contribution in [3.05, 3.63) is 24.2 Å². The molecule has 12 atom stereocenters. The Bertz CT molecular complexity index is 1080. The average molecular weight is 524 g/mol. The molecule has 6 nitrogen and oxygen atoms in total. The van der Waals surface area contributed by atoms with Crippen LogP contribution in [0.1, 0.15) is 89.1 Å². The van der Waals surface area contributed by atoms with Crippen molar-refractivity contribution in [2.45, 2.75) is 96.3 Å². The number of furan rings is 1. The summed E-state index contributed by atoms with van der Waals surface area (Å²) in [6.07, 6.45) is 10.2. The molecule has 6 fully saturated rings. The van der Waals surface area contributed by atoms with Crippen LogP contribution in [0.4, 0.5) is 0 Å². The lowest BCUT2D eigenvalue weighted by Crippen LogP contribution is -2.67. The van der Waals surface area contributed by atoms with Gasteiger partial charge in [-0.3, -0.25) is 9.69 Å². The number of carbonyl (C=O) groups excluding carboxylic acids is 2. The number of hydrogen-bond acceptors (Lipinski definition) is 6. The summed E-state index contributed by atoms with van der Waals surface area (Å²) in [5.41, 5.74) is -0.625. The van der Waals surface area contributed by atoms with Crippen molar-refractivity contribution in [1.29, 1.82) is 0 Å². The van der Waals surface area contributed by atoms with Gasteiger partial charge in [-0.25, -0.2) is 4.79 Å². The van der Waals surface area contributed by atoms with Gasteiger partial charge in [0.1, 0.15) is 11.9 Å². The van der Waals surface area contributed by atoms with Gasteiger partial charge < -0.3 is 14.3 Å². The molecule has 1 aromatic rings. The summed E-state index contributed by atoms with van der Waals surface area (Å²) in [6, 6.07) is 3.64. The topological polar surface area (TPSA) is 80.0 Å². The maximum Gasteiger partial charge on any atom is 0.374 e. The molecule has 1 aromatic heterocycles. The van der Waals surface area contributed by atoms with E-state index in [-0.39, 0.29) is 23.2 Å². The van der Waals surface area contributed by atoms with Crippen LogP contribution in [0, 0.1) is 52.8 Å². The zero-order valence-electron chi connectivity index (χ0n) is 23.3. The molecule has 208 valence electrons. The third-order valence-corrected chi connectivity index (χ3v) is 12.8. The molecule has 0 spiro atoms. The Labute approximate surface area is 226 Å². The fourth-order valence-electron chi connectivity index (χ4n) is 11.1. The highest BCUT2D eigenvalue weighted by Crippen LogP contribution is 2.66. The summed E-state index contributed by atoms with van der Waals surface area (Å²) < 4.78 is 11.0. The van der Waals surface area contributed by atoms with E-state index in [1.54, 1.807) is 12.1 Å². The first-order valence-electron chi connectivity index (χ1n) is 15.4. The fourth-order valence-corrected chi connectivity index (χ4v) is 11.1. The van der Waals surface area contributed by atoms with E-state index in [1.807, 2.05) is 0 Å². The van der Waals surface area contributed by atoms with Crippen molar-refractivity contribution >= 4 is 11.8 Å². The molecular formula is C32H45NO5. The number of esters is 1. The fraction of sp³-hybridized carbons (Fsp3) is 0.812. The number of ketones is 1. The Morgan fingerprint density at radius 1 is 1.03 bits per heavy atom. The van der Waals surface area contributed by atoms with E-state index >= 15 is 0 Å². The number of carbonyl (C=O) groups is 2. The first kappa shape index (κ1) is 25.3. The van der Waals surface area contributed by atoms with Crippen LogP contribution >= 0.6 is 0 Å². The molecule has 2 saturated heterocycles. The molecule has 0 amide bonds. The molecule has 3 heterocycles. The standard InChI is InChI=1S/C32H45NO5/c1-18-6-9-29-32(3,36)24-8-7-20-21(23(24)17-33(29)16-18)14-25-22(20)15-27(34)26-13-19(10-11-31(25,26)2)38-30(35)28-5-4-12-37-28/h4-5,12,18-26,29,36H,6-11,13-17H2,1-3H3/t18-,19+,20+,21-,22-,23+,24+,25-,26+,29-,31-,32+/m1/s1. The van der Waals surface area contributed by atoms with Crippen LogP contribution < -0.4 is 0 Å². The van der Waals surface area contributed by atoms with Crippen LogP contribution in [0.25, 0.3) is 0 Å². The van der Waals surface area contributed by atoms with E-state index in [9.17, 15) is 14.7 Å². The van der Waals surface area contributed by atoms with Gasteiger partial charge in [0.25, 0.3) is 0 Å². The summed E-state index contributed by atoms with van der Waals surface area (Å²) in [4.78, 5) is 28.9. The van der Waals surface area contributed by atoms with Crippen LogP contribution in [-0.4, -0.2) is 52.6 Å². The summed E-state index contributed by atoms with van der Waals surface area (Å²) in [6.45, 7) is 9.14. The van der Waals surface area contributed by atoms with Crippen LogP contribution in [0.5, 0.6) is 0 Å². The highest BCUT2D eigenvalue weighted by molar-refractivity contribution is 5.86. The van der Waals surface area contributed by atoms with E-state index in [1.165, 1.54) is 25.5 Å². The maximum atomic E-state index is 13.7. The van der Waals surface area contributed by atoms with Crippen molar-refractivity contribution in [3.63, 3.8) is 0 Å². The van der Waals surface area contributed by atoms with Crippen LogP contribution in [0.3, 0.4) is 0 Å².